The maximum absolute atomic E-state index is 13.1. The summed E-state index contributed by atoms with van der Waals surface area (Å²) >= 11 is 0. The number of halogens is 1. The lowest BCUT2D eigenvalue weighted by molar-refractivity contribution is -0.0125. The van der Waals surface area contributed by atoms with Gasteiger partial charge in [-0.05, 0) is 62.9 Å². The molecule has 3 heteroatoms. The largest absolute Gasteiger partial charge is 0.487 e. The van der Waals surface area contributed by atoms with Crippen LogP contribution in [0.1, 0.15) is 31.2 Å². The quantitative estimate of drug-likeness (QED) is 0.851. The van der Waals surface area contributed by atoms with Crippen LogP contribution in [0.4, 0.5) is 4.39 Å². The van der Waals surface area contributed by atoms with E-state index in [0.29, 0.717) is 12.1 Å². The zero-order valence-corrected chi connectivity index (χ0v) is 9.63. The van der Waals surface area contributed by atoms with Crippen molar-refractivity contribution in [1.29, 1.82) is 0 Å². The molecule has 0 bridgehead atoms. The van der Waals surface area contributed by atoms with Gasteiger partial charge in [-0.25, -0.2) is 4.39 Å². The first-order valence-electron chi connectivity index (χ1n) is 5.80. The summed E-state index contributed by atoms with van der Waals surface area (Å²) in [5.74, 6) is 0.570. The molecule has 1 aliphatic rings. The molecule has 1 aliphatic carbocycles. The number of hydrogen-bond donors (Lipinski definition) is 1. The minimum absolute atomic E-state index is 0.0843. The fraction of sp³-hybridized carbons (Fsp3) is 0.538. The lowest BCUT2D eigenvalue weighted by atomic mass is 9.77. The molecule has 0 atom stereocenters. The lowest BCUT2D eigenvalue weighted by Gasteiger charge is -2.42. The van der Waals surface area contributed by atoms with Crippen molar-refractivity contribution in [3.05, 3.63) is 29.6 Å². The van der Waals surface area contributed by atoms with E-state index < -0.39 is 0 Å². The van der Waals surface area contributed by atoms with Crippen molar-refractivity contribution < 1.29 is 9.13 Å². The first kappa shape index (κ1) is 11.4. The van der Waals surface area contributed by atoms with Gasteiger partial charge < -0.3 is 10.5 Å². The molecule has 0 aliphatic heterocycles. The first-order chi connectivity index (χ1) is 7.65. The van der Waals surface area contributed by atoms with Gasteiger partial charge in [-0.2, -0.15) is 0 Å². The van der Waals surface area contributed by atoms with Gasteiger partial charge >= 0.3 is 0 Å². The number of aryl methyl sites for hydroxylation is 1. The molecule has 0 aromatic heterocycles. The number of hydrogen-bond acceptors (Lipinski definition) is 2. The summed E-state index contributed by atoms with van der Waals surface area (Å²) in [6.45, 7) is 2.39. The van der Waals surface area contributed by atoms with E-state index in [1.165, 1.54) is 12.5 Å². The third kappa shape index (κ3) is 2.19. The number of rotatable bonds is 4. The second-order valence-electron chi connectivity index (χ2n) is 4.59. The molecule has 2 rings (SSSR count). The summed E-state index contributed by atoms with van der Waals surface area (Å²) in [5, 5.41) is 0. The zero-order valence-electron chi connectivity index (χ0n) is 9.63. The highest BCUT2D eigenvalue weighted by Gasteiger charge is 2.38. The molecule has 0 amide bonds. The fourth-order valence-electron chi connectivity index (χ4n) is 2.17. The second kappa shape index (κ2) is 4.42. The molecule has 16 heavy (non-hydrogen) atoms. The molecule has 2 nitrogen and oxygen atoms in total. The van der Waals surface area contributed by atoms with Gasteiger partial charge in [-0.15, -0.1) is 0 Å². The molecule has 0 radical (unpaired) electrons. The van der Waals surface area contributed by atoms with Crippen molar-refractivity contribution in [3.63, 3.8) is 0 Å². The van der Waals surface area contributed by atoms with Crippen LogP contribution in [-0.4, -0.2) is 12.1 Å². The predicted octanol–water partition coefficient (Wildman–Crippen LogP) is 2.78. The molecule has 1 saturated carbocycles. The lowest BCUT2D eigenvalue weighted by Crippen LogP contribution is -2.44. The van der Waals surface area contributed by atoms with Crippen molar-refractivity contribution in [3.8, 4) is 5.75 Å². The molecular weight excluding hydrogens is 205 g/mol. The third-order valence-corrected chi connectivity index (χ3v) is 3.33. The van der Waals surface area contributed by atoms with Gasteiger partial charge in [0, 0.05) is 0 Å². The highest BCUT2D eigenvalue weighted by Crippen LogP contribution is 2.39. The van der Waals surface area contributed by atoms with Crippen LogP contribution in [0.5, 0.6) is 5.75 Å². The topological polar surface area (TPSA) is 35.2 Å². The molecule has 2 N–H and O–H groups in total. The van der Waals surface area contributed by atoms with Crippen LogP contribution >= 0.6 is 0 Å². The summed E-state index contributed by atoms with van der Waals surface area (Å²) < 4.78 is 19.1. The average Bonchev–Trinajstić information content (AvgIpc) is 2.20. The minimum Gasteiger partial charge on any atom is -0.487 e. The Hall–Kier alpha value is -1.09. The molecule has 0 saturated heterocycles. The third-order valence-electron chi connectivity index (χ3n) is 3.33. The van der Waals surface area contributed by atoms with E-state index in [1.54, 1.807) is 19.1 Å². The van der Waals surface area contributed by atoms with Crippen LogP contribution in [0.25, 0.3) is 0 Å². The minimum atomic E-state index is -0.186. The van der Waals surface area contributed by atoms with Gasteiger partial charge in [0.1, 0.15) is 17.2 Å². The SMILES string of the molecule is Cc1cc(OC2(CCN)CCC2)ccc1F. The van der Waals surface area contributed by atoms with Crippen molar-refractivity contribution in [2.24, 2.45) is 5.73 Å². The number of benzene rings is 1. The van der Waals surface area contributed by atoms with E-state index in [1.807, 2.05) is 0 Å². The van der Waals surface area contributed by atoms with Gasteiger partial charge in [0.15, 0.2) is 0 Å². The molecule has 0 spiro atoms. The Labute approximate surface area is 95.6 Å². The van der Waals surface area contributed by atoms with E-state index in [-0.39, 0.29) is 11.4 Å². The van der Waals surface area contributed by atoms with Crippen LogP contribution in [0.3, 0.4) is 0 Å². The van der Waals surface area contributed by atoms with Gasteiger partial charge in [0.25, 0.3) is 0 Å². The Morgan fingerprint density at radius 3 is 2.69 bits per heavy atom. The molecule has 1 fully saturated rings. The van der Waals surface area contributed by atoms with Crippen molar-refractivity contribution in [1.82, 2.24) is 0 Å². The maximum Gasteiger partial charge on any atom is 0.126 e. The predicted molar refractivity (Wildman–Crippen MR) is 62.0 cm³/mol. The van der Waals surface area contributed by atoms with Crippen LogP contribution in [0.15, 0.2) is 18.2 Å². The molecular formula is C13H18FNO. The van der Waals surface area contributed by atoms with Gasteiger partial charge in [0.2, 0.25) is 0 Å². The van der Waals surface area contributed by atoms with E-state index in [0.717, 1.165) is 25.0 Å². The Balaban J connectivity index is 2.10. The standard InChI is InChI=1S/C13H18FNO/c1-10-9-11(3-4-12(10)14)16-13(7-8-15)5-2-6-13/h3-4,9H,2,5-8,15H2,1H3. The maximum atomic E-state index is 13.1. The molecule has 0 unspecified atom stereocenters. The average molecular weight is 223 g/mol. The summed E-state index contributed by atoms with van der Waals surface area (Å²) in [6.07, 6.45) is 4.19. The van der Waals surface area contributed by atoms with E-state index in [9.17, 15) is 4.39 Å². The van der Waals surface area contributed by atoms with Gasteiger partial charge in [-0.3, -0.25) is 0 Å². The molecule has 0 heterocycles. The summed E-state index contributed by atoms with van der Waals surface area (Å²) in [6, 6.07) is 4.91. The Morgan fingerprint density at radius 1 is 1.44 bits per heavy atom. The summed E-state index contributed by atoms with van der Waals surface area (Å²) in [5.41, 5.74) is 6.13. The highest BCUT2D eigenvalue weighted by atomic mass is 19.1. The van der Waals surface area contributed by atoms with Crippen LogP contribution < -0.4 is 10.5 Å². The molecule has 88 valence electrons. The van der Waals surface area contributed by atoms with Crippen molar-refractivity contribution in [2.75, 3.05) is 6.54 Å². The Kier molecular flexibility index (Phi) is 3.15. The van der Waals surface area contributed by atoms with Crippen molar-refractivity contribution in [2.45, 2.75) is 38.2 Å². The number of nitrogens with two attached hydrogens (primary N) is 1. The Morgan fingerprint density at radius 2 is 2.19 bits per heavy atom. The van der Waals surface area contributed by atoms with E-state index >= 15 is 0 Å². The van der Waals surface area contributed by atoms with Crippen molar-refractivity contribution >= 4 is 0 Å². The van der Waals surface area contributed by atoms with Gasteiger partial charge in [-0.1, -0.05) is 0 Å². The normalized spacial score (nSPS) is 17.9. The van der Waals surface area contributed by atoms with Crippen LogP contribution in [0.2, 0.25) is 0 Å². The highest BCUT2D eigenvalue weighted by molar-refractivity contribution is 5.29. The monoisotopic (exact) mass is 223 g/mol. The fourth-order valence-corrected chi connectivity index (χ4v) is 2.17. The smallest absolute Gasteiger partial charge is 0.126 e. The second-order valence-corrected chi connectivity index (χ2v) is 4.59. The zero-order chi connectivity index (χ0) is 11.6. The first-order valence-corrected chi connectivity index (χ1v) is 5.80. The Bertz CT molecular complexity index is 374. The molecule has 1 aromatic rings. The van der Waals surface area contributed by atoms with E-state index in [2.05, 4.69) is 0 Å². The number of ether oxygens (including phenoxy) is 1. The van der Waals surface area contributed by atoms with Gasteiger partial charge in [0.05, 0.1) is 0 Å². The summed E-state index contributed by atoms with van der Waals surface area (Å²) in [4.78, 5) is 0. The molecule has 1 aromatic carbocycles. The van der Waals surface area contributed by atoms with Crippen LogP contribution in [0, 0.1) is 12.7 Å². The van der Waals surface area contributed by atoms with E-state index in [4.69, 9.17) is 10.5 Å². The summed E-state index contributed by atoms with van der Waals surface area (Å²) in [7, 11) is 0. The van der Waals surface area contributed by atoms with Crippen LogP contribution in [-0.2, 0) is 0 Å².